The van der Waals surface area contributed by atoms with Crippen molar-refractivity contribution in [1.82, 2.24) is 0 Å². The van der Waals surface area contributed by atoms with Crippen LogP contribution in [0.15, 0.2) is 12.2 Å². The number of carbonyl (C=O) groups is 2. The van der Waals surface area contributed by atoms with Crippen LogP contribution < -0.4 is 0 Å². The Hall–Kier alpha value is -1.29. The van der Waals surface area contributed by atoms with Crippen LogP contribution in [0.2, 0.25) is 0 Å². The van der Waals surface area contributed by atoms with Crippen LogP contribution in [0.25, 0.3) is 0 Å². The molecule has 0 aromatic carbocycles. The highest BCUT2D eigenvalue weighted by atomic mass is 31.2. The smallest absolute Gasteiger partial charge is 0.462 e. The Balaban J connectivity index is 4.26. The number of esters is 2. The van der Waals surface area contributed by atoms with Crippen molar-refractivity contribution in [1.29, 1.82) is 0 Å². The standard InChI is InChI=1S/C44H85O10P/c1-3-5-7-9-11-13-15-17-19-20-22-23-25-27-29-31-33-35-43(47)51-39-42(40-53-55(49,50)52-38-41(46)37-45)54-44(48)36-34-32-30-28-26-24-21-18-16-14-12-10-8-6-4-2/h30,32,41-42,45-46H,3-29,31,33-40H2,1-2H3,(H,49,50)/b32-30+/t41-,42+/m0/s1. The third-order valence-corrected chi connectivity index (χ3v) is 10.9. The largest absolute Gasteiger partial charge is 0.472 e. The first-order chi connectivity index (χ1) is 26.7. The number of ether oxygens (including phenoxy) is 2. The van der Waals surface area contributed by atoms with Crippen molar-refractivity contribution in [3.63, 3.8) is 0 Å². The van der Waals surface area contributed by atoms with Crippen molar-refractivity contribution in [3.05, 3.63) is 12.2 Å². The summed E-state index contributed by atoms with van der Waals surface area (Å²) < 4.78 is 32.7. The molecule has 10 nitrogen and oxygen atoms in total. The molecule has 0 radical (unpaired) electrons. The summed E-state index contributed by atoms with van der Waals surface area (Å²) in [5.41, 5.74) is 0. The van der Waals surface area contributed by atoms with Crippen LogP contribution in [0.3, 0.4) is 0 Å². The Morgan fingerprint density at radius 1 is 0.527 bits per heavy atom. The van der Waals surface area contributed by atoms with E-state index in [1.165, 1.54) is 148 Å². The van der Waals surface area contributed by atoms with Gasteiger partial charge in [0.1, 0.15) is 12.7 Å². The molecule has 0 aliphatic carbocycles. The molecular weight excluding hydrogens is 719 g/mol. The van der Waals surface area contributed by atoms with E-state index in [1.807, 2.05) is 6.08 Å². The number of phosphoric acid groups is 1. The van der Waals surface area contributed by atoms with Gasteiger partial charge < -0.3 is 24.6 Å². The van der Waals surface area contributed by atoms with Gasteiger partial charge in [0, 0.05) is 12.8 Å². The van der Waals surface area contributed by atoms with Crippen molar-refractivity contribution in [2.45, 2.75) is 232 Å². The second-order valence-electron chi connectivity index (χ2n) is 15.4. The predicted octanol–water partition coefficient (Wildman–Crippen LogP) is 12.0. The number of hydrogen-bond acceptors (Lipinski definition) is 9. The highest BCUT2D eigenvalue weighted by Gasteiger charge is 2.27. The van der Waals surface area contributed by atoms with E-state index in [0.717, 1.165) is 32.1 Å². The van der Waals surface area contributed by atoms with Gasteiger partial charge in [0.2, 0.25) is 0 Å². The van der Waals surface area contributed by atoms with E-state index in [2.05, 4.69) is 24.4 Å². The molecule has 0 heterocycles. The molecule has 0 amide bonds. The fourth-order valence-corrected chi connectivity index (χ4v) is 7.21. The maximum absolute atomic E-state index is 12.6. The molecular formula is C44H85O10P. The zero-order valence-electron chi connectivity index (χ0n) is 35.4. The lowest BCUT2D eigenvalue weighted by Gasteiger charge is -2.20. The minimum atomic E-state index is -4.62. The number of carbonyl (C=O) groups excluding carboxylic acids is 2. The van der Waals surface area contributed by atoms with Crippen LogP contribution in [0, 0.1) is 0 Å². The van der Waals surface area contributed by atoms with Crippen LogP contribution in [0.1, 0.15) is 219 Å². The van der Waals surface area contributed by atoms with Crippen LogP contribution >= 0.6 is 7.82 Å². The topological polar surface area (TPSA) is 149 Å². The van der Waals surface area contributed by atoms with Crippen LogP contribution in [0.5, 0.6) is 0 Å². The van der Waals surface area contributed by atoms with Crippen molar-refractivity contribution in [3.8, 4) is 0 Å². The molecule has 0 saturated carbocycles. The Labute approximate surface area is 336 Å². The summed E-state index contributed by atoms with van der Waals surface area (Å²) in [6.07, 6.45) is 39.0. The molecule has 3 N–H and O–H groups in total. The van der Waals surface area contributed by atoms with Crippen LogP contribution in [-0.4, -0.2) is 65.7 Å². The molecule has 55 heavy (non-hydrogen) atoms. The Bertz CT molecular complexity index is 930. The molecule has 0 aliphatic heterocycles. The SMILES string of the molecule is CCCCCCCCCCCCC/C=C/CCC(=O)O[C@H](COC(=O)CCCCCCCCCCCCCCCCCCC)COP(=O)(O)OC[C@@H](O)CO. The van der Waals surface area contributed by atoms with Crippen LogP contribution in [-0.2, 0) is 32.7 Å². The third-order valence-electron chi connectivity index (χ3n) is 9.93. The maximum Gasteiger partial charge on any atom is 0.472 e. The highest BCUT2D eigenvalue weighted by molar-refractivity contribution is 7.47. The van der Waals surface area contributed by atoms with Gasteiger partial charge in [0.25, 0.3) is 0 Å². The Morgan fingerprint density at radius 3 is 1.38 bits per heavy atom. The summed E-state index contributed by atoms with van der Waals surface area (Å²) >= 11 is 0. The molecule has 0 bridgehead atoms. The molecule has 0 fully saturated rings. The molecule has 0 rings (SSSR count). The molecule has 0 spiro atoms. The Morgan fingerprint density at radius 2 is 0.927 bits per heavy atom. The number of rotatable bonds is 43. The van der Waals surface area contributed by atoms with Crippen molar-refractivity contribution in [2.75, 3.05) is 26.4 Å². The van der Waals surface area contributed by atoms with Gasteiger partial charge in [-0.05, 0) is 25.7 Å². The predicted molar refractivity (Wildman–Crippen MR) is 224 cm³/mol. The monoisotopic (exact) mass is 805 g/mol. The first-order valence-electron chi connectivity index (χ1n) is 22.6. The van der Waals surface area contributed by atoms with E-state index in [0.29, 0.717) is 12.8 Å². The number of phosphoric ester groups is 1. The minimum absolute atomic E-state index is 0.106. The molecule has 1 unspecified atom stereocenters. The molecule has 0 aromatic rings. The second-order valence-corrected chi connectivity index (χ2v) is 16.9. The van der Waals surface area contributed by atoms with Gasteiger partial charge >= 0.3 is 19.8 Å². The van der Waals surface area contributed by atoms with E-state index in [-0.39, 0.29) is 19.4 Å². The fraction of sp³-hybridized carbons (Fsp3) is 0.909. The average molecular weight is 805 g/mol. The molecule has 3 atom stereocenters. The van der Waals surface area contributed by atoms with Crippen molar-refractivity contribution in [2.24, 2.45) is 0 Å². The summed E-state index contributed by atoms with van der Waals surface area (Å²) in [5, 5.41) is 18.3. The fourth-order valence-electron chi connectivity index (χ4n) is 6.42. The summed E-state index contributed by atoms with van der Waals surface area (Å²) in [7, 11) is -4.62. The summed E-state index contributed by atoms with van der Waals surface area (Å²) in [6, 6.07) is 0. The Kier molecular flexibility index (Phi) is 39.9. The van der Waals surface area contributed by atoms with Gasteiger partial charge in [-0.1, -0.05) is 193 Å². The summed E-state index contributed by atoms with van der Waals surface area (Å²) in [5.74, 6) is -0.969. The average Bonchev–Trinajstić information content (AvgIpc) is 3.17. The first-order valence-corrected chi connectivity index (χ1v) is 24.1. The lowest BCUT2D eigenvalue weighted by Crippen LogP contribution is -2.29. The second kappa shape index (κ2) is 40.9. The summed E-state index contributed by atoms with van der Waals surface area (Å²) in [6.45, 7) is 2.37. The molecule has 0 aliphatic rings. The quantitative estimate of drug-likeness (QED) is 0.0235. The van der Waals surface area contributed by atoms with E-state index < -0.39 is 51.8 Å². The number of hydrogen-bond donors (Lipinski definition) is 3. The maximum atomic E-state index is 12.6. The molecule has 326 valence electrons. The molecule has 11 heteroatoms. The van der Waals surface area contributed by atoms with Crippen molar-refractivity contribution >= 4 is 19.8 Å². The van der Waals surface area contributed by atoms with E-state index in [4.69, 9.17) is 19.1 Å². The minimum Gasteiger partial charge on any atom is -0.462 e. The number of allylic oxidation sites excluding steroid dienone is 2. The normalized spacial score (nSPS) is 13.9. The van der Waals surface area contributed by atoms with E-state index in [9.17, 15) is 24.2 Å². The number of unbranched alkanes of at least 4 members (excludes halogenated alkanes) is 27. The summed E-state index contributed by atoms with van der Waals surface area (Å²) in [4.78, 5) is 35.0. The number of aliphatic hydroxyl groups is 2. The van der Waals surface area contributed by atoms with Gasteiger partial charge in [0.15, 0.2) is 6.10 Å². The highest BCUT2D eigenvalue weighted by Crippen LogP contribution is 2.43. The zero-order valence-corrected chi connectivity index (χ0v) is 36.3. The van der Waals surface area contributed by atoms with Gasteiger partial charge in [-0.2, -0.15) is 0 Å². The number of aliphatic hydroxyl groups excluding tert-OH is 2. The lowest BCUT2D eigenvalue weighted by molar-refractivity contribution is -0.161. The zero-order chi connectivity index (χ0) is 40.5. The van der Waals surface area contributed by atoms with Gasteiger partial charge in [-0.25, -0.2) is 4.57 Å². The first kappa shape index (κ1) is 53.7. The van der Waals surface area contributed by atoms with E-state index in [1.54, 1.807) is 0 Å². The third kappa shape index (κ3) is 40.7. The lowest BCUT2D eigenvalue weighted by atomic mass is 10.0. The van der Waals surface area contributed by atoms with Gasteiger partial charge in [-0.3, -0.25) is 18.6 Å². The van der Waals surface area contributed by atoms with Gasteiger partial charge in [0.05, 0.1) is 19.8 Å². The molecule has 0 saturated heterocycles. The van der Waals surface area contributed by atoms with E-state index >= 15 is 0 Å². The van der Waals surface area contributed by atoms with Crippen LogP contribution in [0.4, 0.5) is 0 Å². The van der Waals surface area contributed by atoms with Gasteiger partial charge in [-0.15, -0.1) is 0 Å². The van der Waals surface area contributed by atoms with Crippen molar-refractivity contribution < 1.29 is 47.8 Å². The molecule has 0 aromatic heterocycles.